The van der Waals surface area contributed by atoms with Crippen LogP contribution in [0, 0.1) is 6.92 Å². The van der Waals surface area contributed by atoms with Gasteiger partial charge in [0.25, 0.3) is 0 Å². The molecule has 3 rings (SSSR count). The maximum Gasteiger partial charge on any atom is 0.361 e. The molecule has 0 N–H and O–H groups in total. The van der Waals surface area contributed by atoms with Gasteiger partial charge in [-0.05, 0) is 24.6 Å². The fourth-order valence-electron chi connectivity index (χ4n) is 2.70. The smallest absolute Gasteiger partial charge is 0.361 e. The van der Waals surface area contributed by atoms with E-state index in [1.54, 1.807) is 13.0 Å². The zero-order valence-corrected chi connectivity index (χ0v) is 12.7. The second-order valence-corrected chi connectivity index (χ2v) is 5.56. The summed E-state index contributed by atoms with van der Waals surface area (Å²) >= 11 is 0. The molecule has 2 aromatic rings. The van der Waals surface area contributed by atoms with Gasteiger partial charge < -0.3 is 9.32 Å². The Morgan fingerprint density at radius 3 is 2.32 bits per heavy atom. The number of aryl methyl sites for hydroxylation is 1. The molecular weight excluding hydrogens is 284 g/mol. The third-order valence-corrected chi connectivity index (χ3v) is 3.91. The molecule has 1 fully saturated rings. The molecule has 1 aliphatic rings. The van der Waals surface area contributed by atoms with E-state index in [9.17, 15) is 14.4 Å². The molecule has 0 bridgehead atoms. The first-order valence-electron chi connectivity index (χ1n) is 7.00. The number of fused-ring (bicyclic) bond motifs is 1. The van der Waals surface area contributed by atoms with E-state index < -0.39 is 5.63 Å². The Kier molecular flexibility index (Phi) is 3.24. The molecule has 2 amide bonds. The molecule has 0 spiro atoms. The van der Waals surface area contributed by atoms with E-state index in [1.807, 2.05) is 31.1 Å². The van der Waals surface area contributed by atoms with Gasteiger partial charge in [-0.3, -0.25) is 9.59 Å². The first-order chi connectivity index (χ1) is 10.4. The predicted octanol–water partition coefficient (Wildman–Crippen LogP) is 1.82. The molecule has 6 nitrogen and oxygen atoms in total. The van der Waals surface area contributed by atoms with Crippen LogP contribution in [0.3, 0.4) is 0 Å². The molecule has 1 aromatic heterocycles. The van der Waals surface area contributed by atoms with Gasteiger partial charge in [0.2, 0.25) is 11.8 Å². The lowest BCUT2D eigenvalue weighted by molar-refractivity contribution is -0.121. The number of carbonyl (C=O) groups excluding carboxylic acids is 2. The van der Waals surface area contributed by atoms with Crippen LogP contribution in [0.1, 0.15) is 18.4 Å². The van der Waals surface area contributed by atoms with Crippen molar-refractivity contribution in [3.63, 3.8) is 0 Å². The first-order valence-corrected chi connectivity index (χ1v) is 7.00. The SMILES string of the molecule is Cc1c(N2C(=O)CCC2=O)c(=O)oc2cc(N(C)C)ccc12. The second kappa shape index (κ2) is 4.98. The maximum atomic E-state index is 12.3. The number of amides is 2. The Hall–Kier alpha value is -2.63. The van der Waals surface area contributed by atoms with Crippen LogP contribution in [0.2, 0.25) is 0 Å². The lowest BCUT2D eigenvalue weighted by Crippen LogP contribution is -2.33. The van der Waals surface area contributed by atoms with Crippen molar-refractivity contribution < 1.29 is 14.0 Å². The van der Waals surface area contributed by atoms with Gasteiger partial charge in [0.1, 0.15) is 11.3 Å². The number of carbonyl (C=O) groups is 2. The second-order valence-electron chi connectivity index (χ2n) is 5.56. The zero-order chi connectivity index (χ0) is 16.0. The minimum atomic E-state index is -0.662. The van der Waals surface area contributed by atoms with E-state index in [2.05, 4.69) is 0 Å². The summed E-state index contributed by atoms with van der Waals surface area (Å²) in [5.74, 6) is -0.714. The van der Waals surface area contributed by atoms with Gasteiger partial charge in [0.05, 0.1) is 0 Å². The fourth-order valence-corrected chi connectivity index (χ4v) is 2.70. The van der Waals surface area contributed by atoms with E-state index in [1.165, 1.54) is 0 Å². The minimum absolute atomic E-state index is 0.0394. The van der Waals surface area contributed by atoms with Crippen LogP contribution < -0.4 is 15.4 Å². The summed E-state index contributed by atoms with van der Waals surface area (Å²) in [5, 5.41) is 0.715. The summed E-state index contributed by atoms with van der Waals surface area (Å²) in [6.45, 7) is 1.72. The van der Waals surface area contributed by atoms with Crippen molar-refractivity contribution in [1.29, 1.82) is 0 Å². The number of anilines is 2. The van der Waals surface area contributed by atoms with Crippen molar-refractivity contribution in [3.8, 4) is 0 Å². The normalized spacial score (nSPS) is 15.0. The third kappa shape index (κ3) is 2.07. The Bertz CT molecular complexity index is 835. The number of imide groups is 1. The predicted molar refractivity (Wildman–Crippen MR) is 83.3 cm³/mol. The average molecular weight is 300 g/mol. The molecule has 1 saturated heterocycles. The Labute approximate surface area is 126 Å². The van der Waals surface area contributed by atoms with Gasteiger partial charge in [-0.15, -0.1) is 0 Å². The lowest BCUT2D eigenvalue weighted by atomic mass is 10.1. The highest BCUT2D eigenvalue weighted by molar-refractivity contribution is 6.20. The van der Waals surface area contributed by atoms with Gasteiger partial charge in [-0.2, -0.15) is 0 Å². The molecule has 0 aliphatic carbocycles. The van der Waals surface area contributed by atoms with Crippen molar-refractivity contribution in [3.05, 3.63) is 34.2 Å². The summed E-state index contributed by atoms with van der Waals surface area (Å²) in [6, 6.07) is 5.49. The summed E-state index contributed by atoms with van der Waals surface area (Å²) in [6.07, 6.45) is 0.268. The largest absolute Gasteiger partial charge is 0.421 e. The monoisotopic (exact) mass is 300 g/mol. The van der Waals surface area contributed by atoms with Gasteiger partial charge in [0.15, 0.2) is 0 Å². The number of hydrogen-bond acceptors (Lipinski definition) is 5. The summed E-state index contributed by atoms with van der Waals surface area (Å²) < 4.78 is 5.35. The number of benzene rings is 1. The molecule has 22 heavy (non-hydrogen) atoms. The lowest BCUT2D eigenvalue weighted by Gasteiger charge is -2.17. The van der Waals surface area contributed by atoms with Gasteiger partial charge in [-0.1, -0.05) is 0 Å². The average Bonchev–Trinajstić information content (AvgIpc) is 2.78. The Balaban J connectivity index is 2.25. The van der Waals surface area contributed by atoms with Crippen molar-refractivity contribution in [2.75, 3.05) is 23.9 Å². The molecule has 1 aliphatic heterocycles. The van der Waals surface area contributed by atoms with Gasteiger partial charge >= 0.3 is 5.63 Å². The molecule has 0 saturated carbocycles. The molecule has 0 unspecified atom stereocenters. The van der Waals surface area contributed by atoms with Crippen molar-refractivity contribution in [1.82, 2.24) is 0 Å². The van der Waals surface area contributed by atoms with Gasteiger partial charge in [-0.25, -0.2) is 9.69 Å². The minimum Gasteiger partial charge on any atom is -0.421 e. The maximum absolute atomic E-state index is 12.3. The molecule has 0 atom stereocenters. The van der Waals surface area contributed by atoms with Crippen molar-refractivity contribution in [2.24, 2.45) is 0 Å². The van der Waals surface area contributed by atoms with Crippen LogP contribution in [-0.4, -0.2) is 25.9 Å². The highest BCUT2D eigenvalue weighted by atomic mass is 16.4. The summed E-state index contributed by atoms with van der Waals surface area (Å²) in [7, 11) is 3.78. The van der Waals surface area contributed by atoms with Crippen molar-refractivity contribution in [2.45, 2.75) is 19.8 Å². The molecule has 2 heterocycles. The van der Waals surface area contributed by atoms with E-state index in [0.29, 0.717) is 16.5 Å². The standard InChI is InChI=1S/C16H16N2O4/c1-9-11-5-4-10(17(2)3)8-12(11)22-16(21)15(9)18-13(19)6-7-14(18)20/h4-5,8H,6-7H2,1-3H3. The van der Waals surface area contributed by atoms with Crippen LogP contribution >= 0.6 is 0 Å². The van der Waals surface area contributed by atoms with Crippen LogP contribution in [0.25, 0.3) is 11.0 Å². The molecular formula is C16H16N2O4. The fraction of sp³-hybridized carbons (Fsp3) is 0.312. The summed E-state index contributed by atoms with van der Waals surface area (Å²) in [4.78, 5) is 38.9. The topological polar surface area (TPSA) is 70.8 Å². The van der Waals surface area contributed by atoms with E-state index >= 15 is 0 Å². The van der Waals surface area contributed by atoms with E-state index in [0.717, 1.165) is 10.6 Å². The molecule has 1 aromatic carbocycles. The first kappa shape index (κ1) is 14.3. The Morgan fingerprint density at radius 2 is 1.73 bits per heavy atom. The third-order valence-electron chi connectivity index (χ3n) is 3.91. The van der Waals surface area contributed by atoms with Crippen LogP contribution in [0.4, 0.5) is 11.4 Å². The van der Waals surface area contributed by atoms with E-state index in [-0.39, 0.29) is 30.3 Å². The van der Waals surface area contributed by atoms with Crippen LogP contribution in [-0.2, 0) is 9.59 Å². The Morgan fingerprint density at radius 1 is 1.09 bits per heavy atom. The van der Waals surface area contributed by atoms with E-state index in [4.69, 9.17) is 4.42 Å². The van der Waals surface area contributed by atoms with Gasteiger partial charge in [0, 0.05) is 44.1 Å². The van der Waals surface area contributed by atoms with Crippen LogP contribution in [0.15, 0.2) is 27.4 Å². The molecule has 114 valence electrons. The number of rotatable bonds is 2. The highest BCUT2D eigenvalue weighted by Gasteiger charge is 2.34. The quantitative estimate of drug-likeness (QED) is 0.625. The van der Waals surface area contributed by atoms with Crippen LogP contribution in [0.5, 0.6) is 0 Å². The van der Waals surface area contributed by atoms with Crippen molar-refractivity contribution >= 4 is 34.2 Å². The number of nitrogens with zero attached hydrogens (tertiary/aromatic N) is 2. The zero-order valence-electron chi connectivity index (χ0n) is 12.7. The molecule has 6 heteroatoms. The summed E-state index contributed by atoms with van der Waals surface area (Å²) in [5.41, 5.74) is 1.30. The highest BCUT2D eigenvalue weighted by Crippen LogP contribution is 2.30. The number of hydrogen-bond donors (Lipinski definition) is 0. The molecule has 0 radical (unpaired) electrons.